The van der Waals surface area contributed by atoms with Crippen LogP contribution in [-0.2, 0) is 17.9 Å². The van der Waals surface area contributed by atoms with Crippen LogP contribution < -0.4 is 10.5 Å². The Morgan fingerprint density at radius 2 is 1.82 bits per heavy atom. The van der Waals surface area contributed by atoms with Gasteiger partial charge in [-0.3, -0.25) is 24.0 Å². The van der Waals surface area contributed by atoms with Crippen molar-refractivity contribution < 1.29 is 4.79 Å². The topological polar surface area (TPSA) is 72.6 Å². The molecule has 9 heteroatoms. The number of carbonyl (C=O) groups excluding carboxylic acids is 1. The molecule has 1 aromatic carbocycles. The van der Waals surface area contributed by atoms with E-state index >= 15 is 0 Å². The third-order valence-corrected chi connectivity index (χ3v) is 8.68. The molecule has 3 heterocycles. The maximum atomic E-state index is 13.4. The molecule has 1 amide bonds. The molecule has 4 rings (SSSR count). The molecule has 1 aromatic heterocycles. The SMILES string of the molecule is CCCn1c(N2CCN(Cc3ccccc3)CC2)c(C=C2SC(=S)N(C(C)CC)C2=O)c(C)c(C#N)c1=O. The fourth-order valence-electron chi connectivity index (χ4n) is 5.05. The highest BCUT2D eigenvalue weighted by Crippen LogP contribution is 2.37. The second kappa shape index (κ2) is 12.3. The number of aromatic nitrogens is 1. The molecule has 200 valence electrons. The summed E-state index contributed by atoms with van der Waals surface area (Å²) in [5, 5.41) is 9.89. The van der Waals surface area contributed by atoms with Crippen molar-refractivity contribution in [2.45, 2.75) is 59.7 Å². The summed E-state index contributed by atoms with van der Waals surface area (Å²) in [6.45, 7) is 12.4. The van der Waals surface area contributed by atoms with Crippen LogP contribution in [0.4, 0.5) is 5.82 Å². The molecule has 38 heavy (non-hydrogen) atoms. The number of anilines is 1. The third-order valence-electron chi connectivity index (χ3n) is 7.35. The summed E-state index contributed by atoms with van der Waals surface area (Å²) in [6, 6.07) is 12.6. The zero-order valence-electron chi connectivity index (χ0n) is 22.6. The van der Waals surface area contributed by atoms with Gasteiger partial charge in [0.05, 0.1) is 4.91 Å². The van der Waals surface area contributed by atoms with E-state index in [0.29, 0.717) is 21.3 Å². The summed E-state index contributed by atoms with van der Waals surface area (Å²) in [7, 11) is 0. The molecule has 0 saturated carbocycles. The number of hydrogen-bond acceptors (Lipinski definition) is 7. The Kier molecular flexibility index (Phi) is 9.08. The molecule has 2 aromatic rings. The van der Waals surface area contributed by atoms with Gasteiger partial charge in [0, 0.05) is 50.9 Å². The van der Waals surface area contributed by atoms with Crippen molar-refractivity contribution in [2.75, 3.05) is 31.1 Å². The highest BCUT2D eigenvalue weighted by Gasteiger charge is 2.36. The first-order valence-corrected chi connectivity index (χ1v) is 14.5. The van der Waals surface area contributed by atoms with E-state index in [4.69, 9.17) is 12.2 Å². The second-order valence-corrected chi connectivity index (χ2v) is 11.5. The summed E-state index contributed by atoms with van der Waals surface area (Å²) in [6.07, 6.45) is 3.41. The van der Waals surface area contributed by atoms with E-state index in [2.05, 4.69) is 40.1 Å². The largest absolute Gasteiger partial charge is 0.355 e. The summed E-state index contributed by atoms with van der Waals surface area (Å²) in [5.41, 5.74) is 2.52. The van der Waals surface area contributed by atoms with Crippen LogP contribution in [0.3, 0.4) is 0 Å². The van der Waals surface area contributed by atoms with Gasteiger partial charge in [0.25, 0.3) is 11.5 Å². The number of thioether (sulfide) groups is 1. The fraction of sp³-hybridized carbons (Fsp3) is 0.448. The molecule has 0 radical (unpaired) electrons. The first kappa shape index (κ1) is 28.1. The summed E-state index contributed by atoms with van der Waals surface area (Å²) in [4.78, 5) is 33.7. The first-order valence-electron chi connectivity index (χ1n) is 13.3. The van der Waals surface area contributed by atoms with Gasteiger partial charge in [-0.2, -0.15) is 5.26 Å². The highest BCUT2D eigenvalue weighted by molar-refractivity contribution is 8.26. The number of amides is 1. The van der Waals surface area contributed by atoms with Crippen LogP contribution in [0.25, 0.3) is 6.08 Å². The number of nitriles is 1. The molecule has 1 unspecified atom stereocenters. The minimum absolute atomic E-state index is 0.00961. The van der Waals surface area contributed by atoms with Crippen LogP contribution in [-0.4, -0.2) is 56.8 Å². The summed E-state index contributed by atoms with van der Waals surface area (Å²) in [5.74, 6) is 0.681. The maximum Gasteiger partial charge on any atom is 0.270 e. The van der Waals surface area contributed by atoms with Crippen LogP contribution in [0.2, 0.25) is 0 Å². The highest BCUT2D eigenvalue weighted by atomic mass is 32.2. The van der Waals surface area contributed by atoms with E-state index in [9.17, 15) is 14.9 Å². The van der Waals surface area contributed by atoms with Crippen LogP contribution in [0.15, 0.2) is 40.0 Å². The number of thiocarbonyl (C=S) groups is 1. The normalized spacial score (nSPS) is 18.3. The lowest BCUT2D eigenvalue weighted by Crippen LogP contribution is -2.48. The average Bonchev–Trinajstić information content (AvgIpc) is 3.20. The van der Waals surface area contributed by atoms with E-state index in [1.807, 2.05) is 39.8 Å². The molecule has 2 aliphatic heterocycles. The Morgan fingerprint density at radius 1 is 1.13 bits per heavy atom. The standard InChI is InChI=1S/C29H35N5O2S2/c1-5-12-33-26(32-15-13-31(14-16-32)19-22-10-8-7-9-11-22)23(21(4)24(18-30)27(33)35)17-25-28(36)34(20(3)6-2)29(37)38-25/h7-11,17,20H,5-6,12-16,19H2,1-4H3. The van der Waals surface area contributed by atoms with Gasteiger partial charge in [-0.15, -0.1) is 0 Å². The lowest BCUT2D eigenvalue weighted by molar-refractivity contribution is -0.123. The predicted octanol–water partition coefficient (Wildman–Crippen LogP) is 4.76. The number of rotatable bonds is 8. The summed E-state index contributed by atoms with van der Waals surface area (Å²) < 4.78 is 2.28. The molecule has 7 nitrogen and oxygen atoms in total. The van der Waals surface area contributed by atoms with Gasteiger partial charge >= 0.3 is 0 Å². The van der Waals surface area contributed by atoms with Gasteiger partial charge in [-0.1, -0.05) is 68.2 Å². The molecule has 2 fully saturated rings. The van der Waals surface area contributed by atoms with Crippen molar-refractivity contribution >= 4 is 46.1 Å². The van der Waals surface area contributed by atoms with Crippen LogP contribution in [0, 0.1) is 18.3 Å². The zero-order valence-corrected chi connectivity index (χ0v) is 24.2. The lowest BCUT2D eigenvalue weighted by Gasteiger charge is -2.38. The molecule has 0 spiro atoms. The van der Waals surface area contributed by atoms with E-state index in [1.54, 1.807) is 9.47 Å². The lowest BCUT2D eigenvalue weighted by atomic mass is 10.0. The van der Waals surface area contributed by atoms with E-state index in [0.717, 1.165) is 56.9 Å². The molecule has 0 N–H and O–H groups in total. The van der Waals surface area contributed by atoms with Gasteiger partial charge < -0.3 is 4.90 Å². The fourth-order valence-corrected chi connectivity index (χ4v) is 6.49. The number of nitrogens with zero attached hydrogens (tertiary/aromatic N) is 5. The Morgan fingerprint density at radius 3 is 2.42 bits per heavy atom. The molecule has 1 atom stereocenters. The Balaban J connectivity index is 1.74. The van der Waals surface area contributed by atoms with Crippen molar-refractivity contribution in [1.82, 2.24) is 14.4 Å². The average molecular weight is 550 g/mol. The van der Waals surface area contributed by atoms with E-state index in [-0.39, 0.29) is 23.1 Å². The van der Waals surface area contributed by atoms with E-state index < -0.39 is 0 Å². The quantitative estimate of drug-likeness (QED) is 0.347. The van der Waals surface area contributed by atoms with Gasteiger partial charge in [-0.05, 0) is 43.9 Å². The number of benzene rings is 1. The van der Waals surface area contributed by atoms with Crippen molar-refractivity contribution in [3.05, 3.63) is 67.8 Å². The molecule has 0 aliphatic carbocycles. The molecular formula is C29H35N5O2S2. The summed E-state index contributed by atoms with van der Waals surface area (Å²) >= 11 is 6.85. The monoisotopic (exact) mass is 549 g/mol. The van der Waals surface area contributed by atoms with Gasteiger partial charge in [0.1, 0.15) is 21.8 Å². The van der Waals surface area contributed by atoms with Crippen LogP contribution in [0.5, 0.6) is 0 Å². The molecule has 2 aliphatic rings. The van der Waals surface area contributed by atoms with Gasteiger partial charge in [0.2, 0.25) is 0 Å². The first-order chi connectivity index (χ1) is 18.3. The van der Waals surface area contributed by atoms with E-state index in [1.165, 1.54) is 17.3 Å². The van der Waals surface area contributed by atoms with Crippen molar-refractivity contribution in [3.63, 3.8) is 0 Å². The van der Waals surface area contributed by atoms with Crippen molar-refractivity contribution in [1.29, 1.82) is 5.26 Å². The van der Waals surface area contributed by atoms with Crippen molar-refractivity contribution in [3.8, 4) is 6.07 Å². The van der Waals surface area contributed by atoms with Gasteiger partial charge in [0.15, 0.2) is 0 Å². The van der Waals surface area contributed by atoms with Crippen LogP contribution >= 0.6 is 24.0 Å². The van der Waals surface area contributed by atoms with Gasteiger partial charge in [-0.25, -0.2) is 0 Å². The third kappa shape index (κ3) is 5.58. The smallest absolute Gasteiger partial charge is 0.270 e. The minimum atomic E-state index is -0.266. The molecular weight excluding hydrogens is 514 g/mol. The molecule has 2 saturated heterocycles. The Labute approximate surface area is 234 Å². The Hall–Kier alpha value is -2.93. The minimum Gasteiger partial charge on any atom is -0.355 e. The number of hydrogen-bond donors (Lipinski definition) is 0. The maximum absolute atomic E-state index is 13.4. The van der Waals surface area contributed by atoms with Crippen molar-refractivity contribution in [2.24, 2.45) is 0 Å². The zero-order chi connectivity index (χ0) is 27.4. The Bertz CT molecular complexity index is 1340. The number of pyridine rings is 1. The number of carbonyl (C=O) groups is 1. The predicted molar refractivity (Wildman–Crippen MR) is 159 cm³/mol. The van der Waals surface area contributed by atoms with Crippen LogP contribution in [0.1, 0.15) is 55.9 Å². The molecule has 0 bridgehead atoms. The second-order valence-electron chi connectivity index (χ2n) is 9.86. The number of piperazine rings is 1.